The van der Waals surface area contributed by atoms with Crippen molar-refractivity contribution in [3.8, 4) is 5.75 Å². The van der Waals surface area contributed by atoms with Crippen molar-refractivity contribution in [2.75, 3.05) is 11.9 Å². The van der Waals surface area contributed by atoms with Crippen molar-refractivity contribution in [3.63, 3.8) is 0 Å². The van der Waals surface area contributed by atoms with Crippen LogP contribution in [0.5, 0.6) is 5.75 Å². The van der Waals surface area contributed by atoms with Crippen LogP contribution in [0.1, 0.15) is 23.7 Å². The minimum atomic E-state index is -0.162. The van der Waals surface area contributed by atoms with Crippen LogP contribution in [-0.2, 0) is 0 Å². The van der Waals surface area contributed by atoms with E-state index >= 15 is 0 Å². The van der Waals surface area contributed by atoms with Crippen LogP contribution in [0.2, 0.25) is 0 Å². The van der Waals surface area contributed by atoms with E-state index in [-0.39, 0.29) is 5.91 Å². The highest BCUT2D eigenvalue weighted by Crippen LogP contribution is 2.23. The van der Waals surface area contributed by atoms with E-state index in [1.807, 2.05) is 36.4 Å². The van der Waals surface area contributed by atoms with Crippen LogP contribution in [0.15, 0.2) is 51.4 Å². The molecule has 5 heteroatoms. The van der Waals surface area contributed by atoms with E-state index in [9.17, 15) is 4.79 Å². The minimum Gasteiger partial charge on any atom is -0.494 e. The second-order valence-corrected chi connectivity index (χ2v) is 6.22. The van der Waals surface area contributed by atoms with Crippen molar-refractivity contribution < 1.29 is 9.53 Å². The van der Waals surface area contributed by atoms with Gasteiger partial charge in [-0.15, -0.1) is 0 Å². The van der Waals surface area contributed by atoms with Crippen LogP contribution in [-0.4, -0.2) is 12.5 Å². The molecule has 1 N–H and O–H groups in total. The third kappa shape index (κ3) is 4.58. The summed E-state index contributed by atoms with van der Waals surface area (Å²) in [5.74, 6) is 0.642. The second-order valence-electron chi connectivity index (χ2n) is 4.45. The van der Waals surface area contributed by atoms with Gasteiger partial charge in [0.1, 0.15) is 5.75 Å². The van der Waals surface area contributed by atoms with Gasteiger partial charge < -0.3 is 10.1 Å². The van der Waals surface area contributed by atoms with Gasteiger partial charge >= 0.3 is 0 Å². The van der Waals surface area contributed by atoms with E-state index in [4.69, 9.17) is 4.74 Å². The molecule has 0 saturated carbocycles. The maximum Gasteiger partial charge on any atom is 0.256 e. The van der Waals surface area contributed by atoms with Gasteiger partial charge in [-0.1, -0.05) is 22.9 Å². The molecule has 0 unspecified atom stereocenters. The fourth-order valence-electron chi connectivity index (χ4n) is 1.72. The highest BCUT2D eigenvalue weighted by atomic mass is 79.9. The van der Waals surface area contributed by atoms with Crippen molar-refractivity contribution in [1.29, 1.82) is 0 Å². The Kier molecular flexibility index (Phi) is 5.82. The van der Waals surface area contributed by atoms with Gasteiger partial charge in [-0.05, 0) is 64.8 Å². The molecule has 0 atom stereocenters. The SMILES string of the molecule is CCCOc1ccc(NC(=O)c2cc(Br)ccc2Br)cc1. The highest BCUT2D eigenvalue weighted by Gasteiger charge is 2.10. The molecule has 2 aromatic carbocycles. The lowest BCUT2D eigenvalue weighted by atomic mass is 10.2. The first-order valence-electron chi connectivity index (χ1n) is 6.59. The number of amides is 1. The van der Waals surface area contributed by atoms with E-state index in [1.165, 1.54) is 0 Å². The molecule has 1 amide bonds. The summed E-state index contributed by atoms with van der Waals surface area (Å²) in [5, 5.41) is 2.86. The predicted molar refractivity (Wildman–Crippen MR) is 92.0 cm³/mol. The third-order valence-corrected chi connectivity index (χ3v) is 3.94. The van der Waals surface area contributed by atoms with Crippen LogP contribution in [0.4, 0.5) is 5.69 Å². The van der Waals surface area contributed by atoms with E-state index in [2.05, 4.69) is 44.1 Å². The molecule has 0 fully saturated rings. The number of hydrogen-bond donors (Lipinski definition) is 1. The smallest absolute Gasteiger partial charge is 0.256 e. The Hall–Kier alpha value is -1.33. The number of anilines is 1. The van der Waals surface area contributed by atoms with E-state index in [1.54, 1.807) is 6.07 Å². The Labute approximate surface area is 141 Å². The quantitative estimate of drug-likeness (QED) is 0.727. The van der Waals surface area contributed by atoms with Gasteiger partial charge in [-0.2, -0.15) is 0 Å². The molecule has 0 bridgehead atoms. The molecule has 0 aliphatic rings. The Bertz CT molecular complexity index is 627. The number of carbonyl (C=O) groups is 1. The maximum atomic E-state index is 12.3. The Morgan fingerprint density at radius 2 is 1.86 bits per heavy atom. The average Bonchev–Trinajstić information content (AvgIpc) is 2.49. The lowest BCUT2D eigenvalue weighted by molar-refractivity contribution is 0.102. The molecule has 3 nitrogen and oxygen atoms in total. The van der Waals surface area contributed by atoms with Crippen LogP contribution < -0.4 is 10.1 Å². The van der Waals surface area contributed by atoms with Gasteiger partial charge in [0.15, 0.2) is 0 Å². The average molecular weight is 413 g/mol. The maximum absolute atomic E-state index is 12.3. The number of halogens is 2. The predicted octanol–water partition coefficient (Wildman–Crippen LogP) is 5.25. The molecule has 0 spiro atoms. The van der Waals surface area contributed by atoms with Crippen LogP contribution in [0, 0.1) is 0 Å². The number of nitrogens with one attached hydrogen (secondary N) is 1. The van der Waals surface area contributed by atoms with Gasteiger partial charge in [-0.25, -0.2) is 0 Å². The highest BCUT2D eigenvalue weighted by molar-refractivity contribution is 9.11. The molecule has 110 valence electrons. The Morgan fingerprint density at radius 3 is 2.52 bits per heavy atom. The number of rotatable bonds is 5. The Balaban J connectivity index is 2.07. The van der Waals surface area contributed by atoms with Gasteiger partial charge in [0, 0.05) is 14.6 Å². The summed E-state index contributed by atoms with van der Waals surface area (Å²) < 4.78 is 7.12. The lowest BCUT2D eigenvalue weighted by Crippen LogP contribution is -2.12. The molecular formula is C16H15Br2NO2. The molecule has 2 aromatic rings. The molecule has 0 aliphatic heterocycles. The van der Waals surface area contributed by atoms with Crippen molar-refractivity contribution in [1.82, 2.24) is 0 Å². The standard InChI is InChI=1S/C16H15Br2NO2/c1-2-9-21-13-6-4-12(5-7-13)19-16(20)14-10-11(17)3-8-15(14)18/h3-8,10H,2,9H2,1H3,(H,19,20). The normalized spacial score (nSPS) is 10.2. The lowest BCUT2D eigenvalue weighted by Gasteiger charge is -2.09. The number of ether oxygens (including phenoxy) is 1. The van der Waals surface area contributed by atoms with Crippen LogP contribution in [0.25, 0.3) is 0 Å². The topological polar surface area (TPSA) is 38.3 Å². The van der Waals surface area contributed by atoms with Gasteiger partial charge in [0.05, 0.1) is 12.2 Å². The number of hydrogen-bond acceptors (Lipinski definition) is 2. The number of benzene rings is 2. The zero-order valence-corrected chi connectivity index (χ0v) is 14.7. The van der Waals surface area contributed by atoms with E-state index in [0.29, 0.717) is 12.2 Å². The van der Waals surface area contributed by atoms with Crippen molar-refractivity contribution in [3.05, 3.63) is 57.0 Å². The van der Waals surface area contributed by atoms with Gasteiger partial charge in [0.2, 0.25) is 0 Å². The summed E-state index contributed by atoms with van der Waals surface area (Å²) >= 11 is 6.75. The fraction of sp³-hybridized carbons (Fsp3) is 0.188. The minimum absolute atomic E-state index is 0.162. The summed E-state index contributed by atoms with van der Waals surface area (Å²) in [4.78, 5) is 12.3. The first-order chi connectivity index (χ1) is 10.1. The summed E-state index contributed by atoms with van der Waals surface area (Å²) in [6.07, 6.45) is 0.968. The summed E-state index contributed by atoms with van der Waals surface area (Å²) in [7, 11) is 0. The van der Waals surface area contributed by atoms with Crippen LogP contribution in [0.3, 0.4) is 0 Å². The largest absolute Gasteiger partial charge is 0.494 e. The van der Waals surface area contributed by atoms with E-state index in [0.717, 1.165) is 26.8 Å². The zero-order valence-electron chi connectivity index (χ0n) is 11.5. The molecule has 0 radical (unpaired) electrons. The van der Waals surface area contributed by atoms with Crippen molar-refractivity contribution >= 4 is 43.5 Å². The molecule has 21 heavy (non-hydrogen) atoms. The summed E-state index contributed by atoms with van der Waals surface area (Å²) in [5.41, 5.74) is 1.31. The fourth-order valence-corrected chi connectivity index (χ4v) is 2.51. The first-order valence-corrected chi connectivity index (χ1v) is 8.18. The summed E-state index contributed by atoms with van der Waals surface area (Å²) in [6.45, 7) is 2.75. The molecule has 0 saturated heterocycles. The Morgan fingerprint density at radius 1 is 1.14 bits per heavy atom. The van der Waals surface area contributed by atoms with Crippen LogP contribution >= 0.6 is 31.9 Å². The summed E-state index contributed by atoms with van der Waals surface area (Å²) in [6, 6.07) is 12.8. The number of carbonyl (C=O) groups excluding carboxylic acids is 1. The molecule has 2 rings (SSSR count). The molecular weight excluding hydrogens is 398 g/mol. The molecule has 0 aromatic heterocycles. The van der Waals surface area contributed by atoms with Gasteiger partial charge in [0.25, 0.3) is 5.91 Å². The third-order valence-electron chi connectivity index (χ3n) is 2.76. The van der Waals surface area contributed by atoms with E-state index < -0.39 is 0 Å². The van der Waals surface area contributed by atoms with Gasteiger partial charge in [-0.3, -0.25) is 4.79 Å². The van der Waals surface area contributed by atoms with Crippen molar-refractivity contribution in [2.24, 2.45) is 0 Å². The monoisotopic (exact) mass is 411 g/mol. The zero-order chi connectivity index (χ0) is 15.2. The first kappa shape index (κ1) is 16.0. The molecule has 0 heterocycles. The molecule has 0 aliphatic carbocycles. The van der Waals surface area contributed by atoms with Crippen molar-refractivity contribution in [2.45, 2.75) is 13.3 Å². The second kappa shape index (κ2) is 7.61.